The molecule has 1 unspecified atom stereocenters. The van der Waals surface area contributed by atoms with Crippen molar-refractivity contribution in [3.05, 3.63) is 35.4 Å². The number of hydrogen-bond donors (Lipinski definition) is 1. The van der Waals surface area contributed by atoms with E-state index in [4.69, 9.17) is 5.11 Å². The van der Waals surface area contributed by atoms with Crippen LogP contribution in [-0.4, -0.2) is 60.1 Å². The van der Waals surface area contributed by atoms with Crippen molar-refractivity contribution in [2.75, 3.05) is 33.3 Å². The van der Waals surface area contributed by atoms with E-state index < -0.39 is 0 Å². The molecule has 0 aromatic heterocycles. The maximum Gasteiger partial charge on any atom is 0.254 e. The number of carbonyl (C=O) groups is 1. The molecule has 1 heterocycles. The number of likely N-dealkylation sites (N-methyl/N-ethyl adjacent to an activating group) is 1. The van der Waals surface area contributed by atoms with Crippen LogP contribution in [0.15, 0.2) is 24.3 Å². The highest BCUT2D eigenvalue weighted by molar-refractivity contribution is 5.94. The van der Waals surface area contributed by atoms with E-state index in [9.17, 15) is 4.79 Å². The number of nitrogens with zero attached hydrogens (tertiary/aromatic N) is 2. The molecule has 1 fully saturated rings. The number of amides is 1. The minimum atomic E-state index is -0.173. The first kappa shape index (κ1) is 15.6. The molecule has 0 aliphatic carbocycles. The number of aliphatic hydroxyl groups excluding tert-OH is 1. The Morgan fingerprint density at radius 2 is 2.24 bits per heavy atom. The Hall–Kier alpha value is -1.83. The largest absolute Gasteiger partial charge is 0.384 e. The summed E-state index contributed by atoms with van der Waals surface area (Å²) in [6.07, 6.45) is 0.997. The van der Waals surface area contributed by atoms with Crippen LogP contribution < -0.4 is 0 Å². The standard InChI is InChI=1S/C17H22N2O2/c1-14-13-18(2)9-5-10-19(14)17(21)16-8-3-6-15(12-16)7-4-11-20/h3,6,8,12,14,20H,5,9-11,13H2,1-2H3. The van der Waals surface area contributed by atoms with Crippen molar-refractivity contribution >= 4 is 5.91 Å². The fourth-order valence-corrected chi connectivity index (χ4v) is 2.71. The van der Waals surface area contributed by atoms with Gasteiger partial charge in [-0.15, -0.1) is 0 Å². The summed E-state index contributed by atoms with van der Waals surface area (Å²) >= 11 is 0. The molecule has 1 atom stereocenters. The van der Waals surface area contributed by atoms with Gasteiger partial charge >= 0.3 is 0 Å². The lowest BCUT2D eigenvalue weighted by atomic mass is 10.1. The average molecular weight is 286 g/mol. The lowest BCUT2D eigenvalue weighted by Gasteiger charge is -2.28. The highest BCUT2D eigenvalue weighted by atomic mass is 16.2. The Morgan fingerprint density at radius 3 is 3.00 bits per heavy atom. The van der Waals surface area contributed by atoms with Crippen molar-refractivity contribution in [1.82, 2.24) is 9.80 Å². The van der Waals surface area contributed by atoms with Gasteiger partial charge in [0.05, 0.1) is 0 Å². The second kappa shape index (κ2) is 7.26. The lowest BCUT2D eigenvalue weighted by molar-refractivity contribution is 0.0696. The van der Waals surface area contributed by atoms with E-state index in [0.717, 1.165) is 31.6 Å². The lowest BCUT2D eigenvalue weighted by Crippen LogP contribution is -2.42. The third kappa shape index (κ3) is 4.07. The summed E-state index contributed by atoms with van der Waals surface area (Å²) < 4.78 is 0. The van der Waals surface area contributed by atoms with Gasteiger partial charge in [-0.25, -0.2) is 0 Å². The fraction of sp³-hybridized carbons (Fsp3) is 0.471. The van der Waals surface area contributed by atoms with Crippen LogP contribution in [0.25, 0.3) is 0 Å². The monoisotopic (exact) mass is 286 g/mol. The van der Waals surface area contributed by atoms with Gasteiger partial charge < -0.3 is 14.9 Å². The minimum Gasteiger partial charge on any atom is -0.384 e. The van der Waals surface area contributed by atoms with Crippen LogP contribution >= 0.6 is 0 Å². The zero-order valence-electron chi connectivity index (χ0n) is 12.7. The maximum atomic E-state index is 12.7. The molecule has 2 rings (SSSR count). The topological polar surface area (TPSA) is 43.8 Å². The molecule has 21 heavy (non-hydrogen) atoms. The molecule has 0 bridgehead atoms. The Labute approximate surface area is 126 Å². The average Bonchev–Trinajstić information content (AvgIpc) is 2.65. The van der Waals surface area contributed by atoms with Gasteiger partial charge in [-0.2, -0.15) is 0 Å². The second-order valence-electron chi connectivity index (χ2n) is 5.50. The van der Waals surface area contributed by atoms with Crippen molar-refractivity contribution in [3.8, 4) is 11.8 Å². The van der Waals surface area contributed by atoms with E-state index in [1.54, 1.807) is 6.07 Å². The van der Waals surface area contributed by atoms with Gasteiger partial charge in [-0.05, 0) is 45.1 Å². The van der Waals surface area contributed by atoms with Crippen LogP contribution in [0.1, 0.15) is 29.3 Å². The first-order chi connectivity index (χ1) is 10.1. The van der Waals surface area contributed by atoms with E-state index >= 15 is 0 Å². The molecule has 1 aliphatic rings. The highest BCUT2D eigenvalue weighted by Crippen LogP contribution is 2.14. The van der Waals surface area contributed by atoms with E-state index in [1.165, 1.54) is 0 Å². The molecule has 1 aromatic carbocycles. The summed E-state index contributed by atoms with van der Waals surface area (Å²) in [6, 6.07) is 7.51. The Bertz CT molecular complexity index is 559. The predicted molar refractivity (Wildman–Crippen MR) is 83.0 cm³/mol. The van der Waals surface area contributed by atoms with Crippen molar-refractivity contribution in [2.45, 2.75) is 19.4 Å². The van der Waals surface area contributed by atoms with Crippen LogP contribution in [0.3, 0.4) is 0 Å². The summed E-state index contributed by atoms with van der Waals surface area (Å²) in [5.74, 6) is 5.51. The first-order valence-corrected chi connectivity index (χ1v) is 7.31. The molecule has 4 nitrogen and oxygen atoms in total. The molecule has 0 radical (unpaired) electrons. The number of hydrogen-bond acceptors (Lipinski definition) is 3. The second-order valence-corrected chi connectivity index (χ2v) is 5.50. The quantitative estimate of drug-likeness (QED) is 0.789. The molecule has 1 aliphatic heterocycles. The Morgan fingerprint density at radius 1 is 1.43 bits per heavy atom. The summed E-state index contributed by atoms with van der Waals surface area (Å²) in [6.45, 7) is 4.63. The molecule has 1 amide bonds. The zero-order valence-corrected chi connectivity index (χ0v) is 12.7. The summed E-state index contributed by atoms with van der Waals surface area (Å²) in [5.41, 5.74) is 1.42. The smallest absolute Gasteiger partial charge is 0.254 e. The van der Waals surface area contributed by atoms with Gasteiger partial charge in [0.15, 0.2) is 0 Å². The summed E-state index contributed by atoms with van der Waals surface area (Å²) in [5, 5.41) is 8.75. The van der Waals surface area contributed by atoms with Crippen molar-refractivity contribution in [2.24, 2.45) is 0 Å². The summed E-state index contributed by atoms with van der Waals surface area (Å²) in [4.78, 5) is 16.9. The fourth-order valence-electron chi connectivity index (χ4n) is 2.71. The Kier molecular flexibility index (Phi) is 5.38. The van der Waals surface area contributed by atoms with Crippen LogP contribution in [0.2, 0.25) is 0 Å². The zero-order chi connectivity index (χ0) is 15.2. The molecule has 0 saturated carbocycles. The van der Waals surface area contributed by atoms with Crippen LogP contribution in [-0.2, 0) is 0 Å². The number of aliphatic hydroxyl groups is 1. The number of carbonyl (C=O) groups excluding carboxylic acids is 1. The third-order valence-electron chi connectivity index (χ3n) is 3.73. The third-order valence-corrected chi connectivity index (χ3v) is 3.73. The molecule has 1 N–H and O–H groups in total. The number of benzene rings is 1. The summed E-state index contributed by atoms with van der Waals surface area (Å²) in [7, 11) is 2.09. The van der Waals surface area contributed by atoms with Gasteiger partial charge in [0.25, 0.3) is 5.91 Å². The van der Waals surface area contributed by atoms with Gasteiger partial charge in [-0.1, -0.05) is 17.9 Å². The normalized spacial score (nSPS) is 19.6. The molecule has 1 aromatic rings. The van der Waals surface area contributed by atoms with Gasteiger partial charge in [0, 0.05) is 30.3 Å². The Balaban J connectivity index is 2.18. The van der Waals surface area contributed by atoms with Gasteiger partial charge in [-0.3, -0.25) is 4.79 Å². The SMILES string of the molecule is CC1CN(C)CCCN1C(=O)c1cccc(C#CCO)c1. The van der Waals surface area contributed by atoms with Gasteiger partial charge in [0.1, 0.15) is 6.61 Å². The number of rotatable bonds is 1. The van der Waals surface area contributed by atoms with E-state index in [2.05, 4.69) is 30.7 Å². The molecule has 112 valence electrons. The molecular formula is C17H22N2O2. The van der Waals surface area contributed by atoms with Gasteiger partial charge in [0.2, 0.25) is 0 Å². The minimum absolute atomic E-state index is 0.0606. The molecule has 4 heteroatoms. The molecule has 1 saturated heterocycles. The highest BCUT2D eigenvalue weighted by Gasteiger charge is 2.24. The molecular weight excluding hydrogens is 264 g/mol. The first-order valence-electron chi connectivity index (χ1n) is 7.31. The van der Waals surface area contributed by atoms with Crippen molar-refractivity contribution in [3.63, 3.8) is 0 Å². The van der Waals surface area contributed by atoms with E-state index in [-0.39, 0.29) is 18.6 Å². The van der Waals surface area contributed by atoms with E-state index in [0.29, 0.717) is 5.56 Å². The molecule has 0 spiro atoms. The maximum absolute atomic E-state index is 12.7. The van der Waals surface area contributed by atoms with E-state index in [1.807, 2.05) is 23.1 Å². The van der Waals surface area contributed by atoms with Crippen LogP contribution in [0, 0.1) is 11.8 Å². The van der Waals surface area contributed by atoms with Crippen molar-refractivity contribution < 1.29 is 9.90 Å². The van der Waals surface area contributed by atoms with Crippen molar-refractivity contribution in [1.29, 1.82) is 0 Å². The van der Waals surface area contributed by atoms with Crippen LogP contribution in [0.5, 0.6) is 0 Å². The predicted octanol–water partition coefficient (Wildman–Crippen LogP) is 1.20. The van der Waals surface area contributed by atoms with Crippen LogP contribution in [0.4, 0.5) is 0 Å².